The molecule has 0 radical (unpaired) electrons. The maximum atomic E-state index is 13.0. The summed E-state index contributed by atoms with van der Waals surface area (Å²) in [4.78, 5) is 17.2. The Bertz CT molecular complexity index is 1180. The lowest BCUT2D eigenvalue weighted by Gasteiger charge is -2.34. The number of hydrogen-bond acceptors (Lipinski definition) is 6. The molecule has 2 atom stereocenters. The number of carbonyl (C=O) groups excluding carboxylic acids is 1. The zero-order chi connectivity index (χ0) is 21.5. The van der Waals surface area contributed by atoms with Gasteiger partial charge >= 0.3 is 0 Å². The number of nitrogens with one attached hydrogen (secondary N) is 1. The molecular weight excluding hydrogens is 406 g/mol. The van der Waals surface area contributed by atoms with E-state index < -0.39 is 10.0 Å². The highest BCUT2D eigenvalue weighted by molar-refractivity contribution is 7.89. The number of aryl methyl sites for hydroxylation is 1. The molecule has 0 bridgehead atoms. The maximum absolute atomic E-state index is 13.0. The van der Waals surface area contributed by atoms with E-state index in [4.69, 9.17) is 4.74 Å². The van der Waals surface area contributed by atoms with Crippen LogP contribution in [-0.2, 0) is 14.8 Å². The Balaban J connectivity index is 1.53. The van der Waals surface area contributed by atoms with Gasteiger partial charge in [-0.05, 0) is 51.1 Å². The van der Waals surface area contributed by atoms with Gasteiger partial charge in [0.05, 0.1) is 22.8 Å². The van der Waals surface area contributed by atoms with Crippen molar-refractivity contribution in [1.82, 2.24) is 18.9 Å². The van der Waals surface area contributed by atoms with Gasteiger partial charge in [0.2, 0.25) is 10.0 Å². The minimum atomic E-state index is -3.63. The first kappa shape index (κ1) is 20.5. The first-order chi connectivity index (χ1) is 14.3. The van der Waals surface area contributed by atoms with Crippen LogP contribution in [0.5, 0.6) is 0 Å². The van der Waals surface area contributed by atoms with E-state index in [1.807, 2.05) is 13.8 Å². The molecule has 0 aliphatic carbocycles. The Morgan fingerprint density at radius 3 is 2.50 bits per heavy atom. The normalized spacial score (nSPS) is 20.4. The van der Waals surface area contributed by atoms with Gasteiger partial charge in [-0.2, -0.15) is 9.40 Å². The molecule has 158 valence electrons. The van der Waals surface area contributed by atoms with Crippen LogP contribution >= 0.6 is 0 Å². The Morgan fingerprint density at radius 1 is 1.17 bits per heavy atom. The predicted molar refractivity (Wildman–Crippen MR) is 111 cm³/mol. The molecule has 10 heteroatoms. The van der Waals surface area contributed by atoms with E-state index in [0.29, 0.717) is 35.7 Å². The van der Waals surface area contributed by atoms with Crippen molar-refractivity contribution in [2.75, 3.05) is 18.4 Å². The van der Waals surface area contributed by atoms with Gasteiger partial charge in [0.15, 0.2) is 5.65 Å². The van der Waals surface area contributed by atoms with Crippen LogP contribution in [0.3, 0.4) is 0 Å². The van der Waals surface area contributed by atoms with Crippen LogP contribution in [0, 0.1) is 6.92 Å². The van der Waals surface area contributed by atoms with Gasteiger partial charge in [0.25, 0.3) is 5.91 Å². The fraction of sp³-hybridized carbons (Fsp3) is 0.350. The van der Waals surface area contributed by atoms with Gasteiger partial charge in [-0.1, -0.05) is 0 Å². The van der Waals surface area contributed by atoms with Crippen molar-refractivity contribution < 1.29 is 17.9 Å². The number of nitrogens with zero attached hydrogens (tertiary/aromatic N) is 4. The van der Waals surface area contributed by atoms with Crippen LogP contribution < -0.4 is 5.32 Å². The molecular formula is C20H23N5O4S. The molecule has 2 aromatic heterocycles. The fourth-order valence-corrected chi connectivity index (χ4v) is 5.23. The second kappa shape index (κ2) is 7.78. The number of morpholine rings is 1. The lowest BCUT2D eigenvalue weighted by Crippen LogP contribution is -2.48. The van der Waals surface area contributed by atoms with Crippen molar-refractivity contribution in [2.45, 2.75) is 37.9 Å². The first-order valence-electron chi connectivity index (χ1n) is 9.62. The first-order valence-corrected chi connectivity index (χ1v) is 11.1. The molecule has 9 nitrogen and oxygen atoms in total. The Labute approximate surface area is 174 Å². The quantitative estimate of drug-likeness (QED) is 0.681. The number of rotatable bonds is 4. The second-order valence-electron chi connectivity index (χ2n) is 7.41. The number of fused-ring (bicyclic) bond motifs is 1. The van der Waals surface area contributed by atoms with Crippen LogP contribution in [0.1, 0.15) is 29.9 Å². The highest BCUT2D eigenvalue weighted by atomic mass is 32.2. The molecule has 3 aromatic rings. The second-order valence-corrected chi connectivity index (χ2v) is 9.34. The molecule has 1 N–H and O–H groups in total. The third kappa shape index (κ3) is 3.81. The summed E-state index contributed by atoms with van der Waals surface area (Å²) >= 11 is 0. The summed E-state index contributed by atoms with van der Waals surface area (Å²) in [6, 6.07) is 7.88. The van der Waals surface area contributed by atoms with Crippen molar-refractivity contribution in [2.24, 2.45) is 0 Å². The van der Waals surface area contributed by atoms with E-state index in [1.54, 1.807) is 42.0 Å². The number of aromatic nitrogens is 3. The van der Waals surface area contributed by atoms with E-state index in [1.165, 1.54) is 16.4 Å². The molecule has 1 saturated heterocycles. The van der Waals surface area contributed by atoms with E-state index in [2.05, 4.69) is 15.4 Å². The summed E-state index contributed by atoms with van der Waals surface area (Å²) in [5.41, 5.74) is 1.88. The number of benzene rings is 1. The standard InChI is InChI=1S/C20H23N5O4S/c1-13-11-24(12-14(2)29-13)30(27,28)17-7-5-16(6-8-17)22-20(26)18-15(3)23-25-10-4-9-21-19(18)25/h4-10,13-14H,11-12H2,1-3H3,(H,22,26). The largest absolute Gasteiger partial charge is 0.373 e. The average Bonchev–Trinajstić information content (AvgIpc) is 3.03. The van der Waals surface area contributed by atoms with Gasteiger partial charge < -0.3 is 10.1 Å². The van der Waals surface area contributed by atoms with Gasteiger partial charge in [-0.3, -0.25) is 4.79 Å². The van der Waals surface area contributed by atoms with E-state index in [9.17, 15) is 13.2 Å². The molecule has 2 unspecified atom stereocenters. The van der Waals surface area contributed by atoms with Crippen molar-refractivity contribution >= 4 is 27.3 Å². The zero-order valence-corrected chi connectivity index (χ0v) is 17.8. The van der Waals surface area contributed by atoms with Gasteiger partial charge in [0.1, 0.15) is 5.56 Å². The Kier molecular flexibility index (Phi) is 5.31. The average molecular weight is 430 g/mol. The van der Waals surface area contributed by atoms with Crippen molar-refractivity contribution in [3.63, 3.8) is 0 Å². The number of amides is 1. The van der Waals surface area contributed by atoms with Crippen molar-refractivity contribution in [3.05, 3.63) is 54.0 Å². The Hall–Kier alpha value is -2.82. The van der Waals surface area contributed by atoms with Crippen molar-refractivity contribution in [3.8, 4) is 0 Å². The van der Waals surface area contributed by atoms with E-state index in [0.717, 1.165) is 0 Å². The van der Waals surface area contributed by atoms with Crippen LogP contribution in [0.4, 0.5) is 5.69 Å². The molecule has 1 amide bonds. The van der Waals surface area contributed by atoms with Gasteiger partial charge in [0, 0.05) is 31.2 Å². The lowest BCUT2D eigenvalue weighted by molar-refractivity contribution is -0.0440. The summed E-state index contributed by atoms with van der Waals surface area (Å²) in [6.07, 6.45) is 2.99. The third-order valence-electron chi connectivity index (χ3n) is 4.93. The topological polar surface area (TPSA) is 106 Å². The van der Waals surface area contributed by atoms with Gasteiger partial charge in [-0.15, -0.1) is 0 Å². The number of anilines is 1. The van der Waals surface area contributed by atoms with Crippen LogP contribution in [0.25, 0.3) is 5.65 Å². The molecule has 30 heavy (non-hydrogen) atoms. The van der Waals surface area contributed by atoms with Crippen molar-refractivity contribution in [1.29, 1.82) is 0 Å². The monoisotopic (exact) mass is 429 g/mol. The number of ether oxygens (including phenoxy) is 1. The number of hydrogen-bond donors (Lipinski definition) is 1. The summed E-state index contributed by atoms with van der Waals surface area (Å²) < 4.78 is 34.5. The summed E-state index contributed by atoms with van der Waals surface area (Å²) in [7, 11) is -3.63. The lowest BCUT2D eigenvalue weighted by atomic mass is 10.2. The number of sulfonamides is 1. The van der Waals surface area contributed by atoms with Gasteiger partial charge in [-0.25, -0.2) is 17.9 Å². The highest BCUT2D eigenvalue weighted by Crippen LogP contribution is 2.23. The SMILES string of the molecule is Cc1nn2cccnc2c1C(=O)Nc1ccc(S(=O)(=O)N2CC(C)OC(C)C2)cc1. The summed E-state index contributed by atoms with van der Waals surface area (Å²) in [5, 5.41) is 7.07. The fourth-order valence-electron chi connectivity index (χ4n) is 3.64. The molecule has 1 fully saturated rings. The van der Waals surface area contributed by atoms with Crippen LogP contribution in [0.15, 0.2) is 47.6 Å². The van der Waals surface area contributed by atoms with Crippen LogP contribution in [-0.4, -0.2) is 58.5 Å². The third-order valence-corrected chi connectivity index (χ3v) is 6.78. The molecule has 1 aliphatic rings. The van der Waals surface area contributed by atoms with E-state index >= 15 is 0 Å². The van der Waals surface area contributed by atoms with E-state index in [-0.39, 0.29) is 23.0 Å². The molecule has 3 heterocycles. The summed E-state index contributed by atoms with van der Waals surface area (Å²) in [6.45, 7) is 6.07. The smallest absolute Gasteiger partial charge is 0.261 e. The number of carbonyl (C=O) groups is 1. The predicted octanol–water partition coefficient (Wildman–Crippen LogP) is 2.09. The van der Waals surface area contributed by atoms with Crippen LogP contribution in [0.2, 0.25) is 0 Å². The molecule has 1 aromatic carbocycles. The zero-order valence-electron chi connectivity index (χ0n) is 16.9. The molecule has 0 saturated carbocycles. The molecule has 4 rings (SSSR count). The molecule has 0 spiro atoms. The maximum Gasteiger partial charge on any atom is 0.261 e. The minimum Gasteiger partial charge on any atom is -0.373 e. The minimum absolute atomic E-state index is 0.162. The molecule has 1 aliphatic heterocycles. The Morgan fingerprint density at radius 2 is 1.83 bits per heavy atom. The summed E-state index contributed by atoms with van der Waals surface area (Å²) in [5.74, 6) is -0.354. The highest BCUT2D eigenvalue weighted by Gasteiger charge is 2.32.